The Morgan fingerprint density at radius 2 is 1.94 bits per heavy atom. The fraction of sp³-hybridized carbons (Fsp3) is 0.333. The van der Waals surface area contributed by atoms with E-state index in [9.17, 15) is 10.1 Å². The van der Waals surface area contributed by atoms with Crippen molar-refractivity contribution in [2.24, 2.45) is 11.1 Å². The van der Waals surface area contributed by atoms with Gasteiger partial charge >= 0.3 is 0 Å². The monoisotopic (exact) mass is 481 g/mol. The first-order chi connectivity index (χ1) is 17.2. The molecule has 1 aliphatic heterocycles. The number of ketones is 1. The predicted molar refractivity (Wildman–Crippen MR) is 139 cm³/mol. The first-order valence-electron chi connectivity index (χ1n) is 12.3. The maximum absolute atomic E-state index is 13.4. The van der Waals surface area contributed by atoms with Crippen LogP contribution < -0.4 is 10.5 Å². The molecule has 2 heterocycles. The minimum absolute atomic E-state index is 0.0152. The number of nitrogens with zero attached hydrogens (tertiary/aromatic N) is 2. The molecule has 0 bridgehead atoms. The van der Waals surface area contributed by atoms with Gasteiger partial charge in [-0.15, -0.1) is 0 Å². The molecule has 6 nitrogen and oxygen atoms in total. The van der Waals surface area contributed by atoms with Crippen molar-refractivity contribution in [1.29, 1.82) is 5.26 Å². The summed E-state index contributed by atoms with van der Waals surface area (Å²) >= 11 is 0. The molecule has 1 aliphatic carbocycles. The molecule has 1 atom stereocenters. The first kappa shape index (κ1) is 23.7. The molecule has 6 heteroatoms. The molecule has 2 N–H and O–H groups in total. The zero-order valence-electron chi connectivity index (χ0n) is 21.2. The normalized spacial score (nSPS) is 19.2. The number of fused-ring (bicyclic) bond motifs is 1. The maximum Gasteiger partial charge on any atom is 0.205 e. The number of aromatic nitrogens is 1. The Kier molecular flexibility index (Phi) is 5.88. The highest BCUT2D eigenvalue weighted by atomic mass is 16.5. The van der Waals surface area contributed by atoms with E-state index >= 15 is 0 Å². The third kappa shape index (κ3) is 4.15. The van der Waals surface area contributed by atoms with Crippen molar-refractivity contribution in [1.82, 2.24) is 4.57 Å². The average Bonchev–Trinajstić information content (AvgIpc) is 3.18. The van der Waals surface area contributed by atoms with Gasteiger partial charge in [0.15, 0.2) is 5.78 Å². The number of nitriles is 1. The molecule has 0 spiro atoms. The van der Waals surface area contributed by atoms with Gasteiger partial charge in [0.25, 0.3) is 0 Å². The van der Waals surface area contributed by atoms with Gasteiger partial charge in [0, 0.05) is 35.5 Å². The lowest BCUT2D eigenvalue weighted by atomic mass is 9.70. The van der Waals surface area contributed by atoms with Gasteiger partial charge < -0.3 is 19.8 Å². The minimum Gasteiger partial charge on any atom is -0.492 e. The Hall–Kier alpha value is -3.98. The van der Waals surface area contributed by atoms with Gasteiger partial charge in [-0.05, 0) is 54.2 Å². The molecule has 1 aromatic heterocycles. The van der Waals surface area contributed by atoms with Gasteiger partial charge in [0.05, 0.1) is 12.5 Å². The fourth-order valence-corrected chi connectivity index (χ4v) is 5.35. The summed E-state index contributed by atoms with van der Waals surface area (Å²) in [4.78, 5) is 13.4. The van der Waals surface area contributed by atoms with Crippen LogP contribution in [0, 0.1) is 30.6 Å². The Morgan fingerprint density at radius 3 is 2.69 bits per heavy atom. The van der Waals surface area contributed by atoms with Crippen LogP contribution >= 0.6 is 0 Å². The molecule has 184 valence electrons. The van der Waals surface area contributed by atoms with E-state index in [4.69, 9.17) is 15.2 Å². The molecule has 0 saturated heterocycles. The lowest BCUT2D eigenvalue weighted by Crippen LogP contribution is -2.33. The van der Waals surface area contributed by atoms with Crippen LogP contribution in [0.1, 0.15) is 49.3 Å². The van der Waals surface area contributed by atoms with Crippen LogP contribution in [0.3, 0.4) is 0 Å². The van der Waals surface area contributed by atoms with E-state index in [2.05, 4.69) is 30.6 Å². The van der Waals surface area contributed by atoms with Crippen molar-refractivity contribution >= 4 is 16.7 Å². The van der Waals surface area contributed by atoms with Crippen LogP contribution in [-0.2, 0) is 16.1 Å². The number of aryl methyl sites for hydroxylation is 2. The summed E-state index contributed by atoms with van der Waals surface area (Å²) < 4.78 is 14.0. The zero-order valence-corrected chi connectivity index (χ0v) is 21.2. The molecule has 2 aromatic carbocycles. The summed E-state index contributed by atoms with van der Waals surface area (Å²) in [6.45, 7) is 9.36. The second-order valence-corrected chi connectivity index (χ2v) is 10.6. The number of allylic oxidation sites excluding steroid dienone is 3. The summed E-state index contributed by atoms with van der Waals surface area (Å²) in [5, 5.41) is 11.0. The van der Waals surface area contributed by atoms with Gasteiger partial charge in [0.2, 0.25) is 5.88 Å². The number of hydrogen-bond acceptors (Lipinski definition) is 5. The lowest BCUT2D eigenvalue weighted by Gasteiger charge is -2.37. The molecular formula is C30H31N3O3. The number of nitrogens with two attached hydrogens (primary N) is 1. The highest BCUT2D eigenvalue weighted by Crippen LogP contribution is 2.49. The summed E-state index contributed by atoms with van der Waals surface area (Å²) in [5.74, 6) is 0.983. The molecule has 3 aromatic rings. The Morgan fingerprint density at radius 1 is 1.17 bits per heavy atom. The van der Waals surface area contributed by atoms with E-state index in [1.54, 1.807) is 0 Å². The van der Waals surface area contributed by atoms with Gasteiger partial charge in [0.1, 0.15) is 29.8 Å². The summed E-state index contributed by atoms with van der Waals surface area (Å²) in [7, 11) is 0. The van der Waals surface area contributed by atoms with E-state index in [0.29, 0.717) is 37.3 Å². The third-order valence-corrected chi connectivity index (χ3v) is 7.29. The Labute approximate surface area is 211 Å². The number of hydrogen-bond donors (Lipinski definition) is 1. The van der Waals surface area contributed by atoms with Gasteiger partial charge in [-0.25, -0.2) is 0 Å². The van der Waals surface area contributed by atoms with Gasteiger partial charge in [-0.2, -0.15) is 5.26 Å². The Balaban J connectivity index is 1.53. The molecule has 0 saturated carbocycles. The SMILES string of the molecule is Cc1ccc(OCCn2cc(C3C(C#N)=C(N)OC4=C3C(=O)CC(C)(C)C4)c3ccccc32)cc1C. The molecule has 2 aliphatic rings. The van der Waals surface area contributed by atoms with Crippen LogP contribution in [0.5, 0.6) is 5.75 Å². The fourth-order valence-electron chi connectivity index (χ4n) is 5.35. The van der Waals surface area contributed by atoms with Crippen molar-refractivity contribution in [3.05, 3.63) is 88.1 Å². The highest BCUT2D eigenvalue weighted by Gasteiger charge is 2.43. The van der Waals surface area contributed by atoms with E-state index < -0.39 is 5.92 Å². The van der Waals surface area contributed by atoms with Crippen molar-refractivity contribution in [3.63, 3.8) is 0 Å². The molecule has 36 heavy (non-hydrogen) atoms. The van der Waals surface area contributed by atoms with Gasteiger partial charge in [-0.1, -0.05) is 38.1 Å². The van der Waals surface area contributed by atoms with E-state index in [-0.39, 0.29) is 22.7 Å². The van der Waals surface area contributed by atoms with E-state index in [1.807, 2.05) is 56.4 Å². The zero-order chi connectivity index (χ0) is 25.6. The lowest BCUT2D eigenvalue weighted by molar-refractivity contribution is -0.119. The molecular weight excluding hydrogens is 450 g/mol. The average molecular weight is 482 g/mol. The number of para-hydroxylation sites is 1. The minimum atomic E-state index is -0.547. The number of benzene rings is 2. The predicted octanol–water partition coefficient (Wildman–Crippen LogP) is 5.79. The maximum atomic E-state index is 13.4. The largest absolute Gasteiger partial charge is 0.492 e. The number of rotatable bonds is 5. The number of carbonyl (C=O) groups excluding carboxylic acids is 1. The molecule has 5 rings (SSSR count). The summed E-state index contributed by atoms with van der Waals surface area (Å²) in [5.41, 5.74) is 11.2. The second kappa shape index (κ2) is 8.91. The number of ether oxygens (including phenoxy) is 2. The third-order valence-electron chi connectivity index (χ3n) is 7.29. The van der Waals surface area contributed by atoms with E-state index in [0.717, 1.165) is 22.2 Å². The topological polar surface area (TPSA) is 90.3 Å². The standard InChI is InChI=1S/C30H31N3O3/c1-18-9-10-20(13-19(18)2)35-12-11-33-17-23(21-7-5-6-8-24(21)33)27-22(16-31)29(32)36-26-15-30(3,4)14-25(34)28(26)27/h5-10,13,17,27H,11-12,14-15,32H2,1-4H3. The summed E-state index contributed by atoms with van der Waals surface area (Å²) in [6.07, 6.45) is 3.05. The molecule has 0 amide bonds. The van der Waals surface area contributed by atoms with Crippen molar-refractivity contribution in [2.45, 2.75) is 53.0 Å². The van der Waals surface area contributed by atoms with Crippen molar-refractivity contribution in [2.75, 3.05) is 6.61 Å². The molecule has 0 fully saturated rings. The quantitative estimate of drug-likeness (QED) is 0.498. The smallest absolute Gasteiger partial charge is 0.205 e. The van der Waals surface area contributed by atoms with Crippen LogP contribution in [0.15, 0.2) is 71.4 Å². The Bertz CT molecular complexity index is 1480. The first-order valence-corrected chi connectivity index (χ1v) is 12.3. The number of Topliss-reactive ketones (excluding diaryl/α,β-unsaturated/α-hetero) is 1. The van der Waals surface area contributed by atoms with Crippen molar-refractivity contribution < 1.29 is 14.3 Å². The van der Waals surface area contributed by atoms with Crippen LogP contribution in [0.25, 0.3) is 10.9 Å². The van der Waals surface area contributed by atoms with Gasteiger partial charge in [-0.3, -0.25) is 4.79 Å². The summed E-state index contributed by atoms with van der Waals surface area (Å²) in [6, 6.07) is 16.4. The van der Waals surface area contributed by atoms with Crippen molar-refractivity contribution in [3.8, 4) is 11.8 Å². The molecule has 1 unspecified atom stereocenters. The highest BCUT2D eigenvalue weighted by molar-refractivity contribution is 6.01. The van der Waals surface area contributed by atoms with Crippen LogP contribution in [0.2, 0.25) is 0 Å². The van der Waals surface area contributed by atoms with Crippen LogP contribution in [-0.4, -0.2) is 17.0 Å². The second-order valence-electron chi connectivity index (χ2n) is 10.6. The van der Waals surface area contributed by atoms with Crippen LogP contribution in [0.4, 0.5) is 0 Å². The number of carbonyl (C=O) groups is 1. The van der Waals surface area contributed by atoms with E-state index in [1.165, 1.54) is 11.1 Å². The molecule has 0 radical (unpaired) electrons.